The summed E-state index contributed by atoms with van der Waals surface area (Å²) in [6.07, 6.45) is -3.15. The van der Waals surface area contributed by atoms with E-state index in [-0.39, 0.29) is 17.5 Å². The van der Waals surface area contributed by atoms with Gasteiger partial charge >= 0.3 is 12.1 Å². The van der Waals surface area contributed by atoms with Crippen molar-refractivity contribution < 1.29 is 27.4 Å². The Bertz CT molecular complexity index is 862. The zero-order valence-corrected chi connectivity index (χ0v) is 16.3. The number of esters is 1. The van der Waals surface area contributed by atoms with Crippen LogP contribution in [0.1, 0.15) is 25.3 Å². The number of carbonyl (C=O) groups is 1. The SMILES string of the molecule is CCOC(=O)C1CCN(c2cccc(-c3cc(C(F)(F)F)ccc3OC)n2)CC1. The average molecular weight is 408 g/mol. The Balaban J connectivity index is 1.83. The van der Waals surface area contributed by atoms with Crippen molar-refractivity contribution in [1.29, 1.82) is 0 Å². The van der Waals surface area contributed by atoms with Gasteiger partial charge in [0.25, 0.3) is 0 Å². The number of benzene rings is 1. The summed E-state index contributed by atoms with van der Waals surface area (Å²) in [7, 11) is 1.41. The van der Waals surface area contributed by atoms with Crippen molar-refractivity contribution in [2.45, 2.75) is 25.9 Å². The van der Waals surface area contributed by atoms with Gasteiger partial charge in [-0.2, -0.15) is 13.2 Å². The molecule has 0 amide bonds. The number of hydrogen-bond acceptors (Lipinski definition) is 5. The Hall–Kier alpha value is -2.77. The average Bonchev–Trinajstić information content (AvgIpc) is 2.73. The molecule has 0 N–H and O–H groups in total. The van der Waals surface area contributed by atoms with Crippen LogP contribution in [0.3, 0.4) is 0 Å². The topological polar surface area (TPSA) is 51.7 Å². The van der Waals surface area contributed by atoms with Crippen LogP contribution >= 0.6 is 0 Å². The number of carbonyl (C=O) groups excluding carboxylic acids is 1. The molecule has 2 heterocycles. The maximum atomic E-state index is 13.1. The van der Waals surface area contributed by atoms with E-state index in [1.165, 1.54) is 13.2 Å². The van der Waals surface area contributed by atoms with Crippen LogP contribution in [-0.2, 0) is 15.7 Å². The molecule has 0 radical (unpaired) electrons. The number of anilines is 1. The standard InChI is InChI=1S/C21H23F3N2O3/c1-3-29-20(27)14-9-11-26(12-10-14)19-6-4-5-17(25-19)16-13-15(21(22,23)24)7-8-18(16)28-2/h4-8,13-14H,3,9-12H2,1-2H3. The van der Waals surface area contributed by atoms with E-state index in [0.29, 0.717) is 49.8 Å². The highest BCUT2D eigenvalue weighted by Crippen LogP contribution is 2.37. The molecule has 1 aromatic carbocycles. The van der Waals surface area contributed by atoms with Gasteiger partial charge in [0.2, 0.25) is 0 Å². The summed E-state index contributed by atoms with van der Waals surface area (Å²) in [6.45, 7) is 3.39. The molecule has 156 valence electrons. The van der Waals surface area contributed by atoms with Gasteiger partial charge in [-0.3, -0.25) is 4.79 Å². The highest BCUT2D eigenvalue weighted by Gasteiger charge is 2.31. The predicted molar refractivity (Wildman–Crippen MR) is 103 cm³/mol. The number of hydrogen-bond donors (Lipinski definition) is 0. The number of aromatic nitrogens is 1. The number of nitrogens with zero attached hydrogens (tertiary/aromatic N) is 2. The first-order valence-corrected chi connectivity index (χ1v) is 9.47. The van der Waals surface area contributed by atoms with E-state index >= 15 is 0 Å². The van der Waals surface area contributed by atoms with Crippen LogP contribution in [-0.4, -0.2) is 37.8 Å². The number of methoxy groups -OCH3 is 1. The summed E-state index contributed by atoms with van der Waals surface area (Å²) in [5.74, 6) is 0.674. The molecule has 8 heteroatoms. The van der Waals surface area contributed by atoms with E-state index in [2.05, 4.69) is 4.98 Å². The molecule has 1 saturated heterocycles. The van der Waals surface area contributed by atoms with Crippen LogP contribution in [0, 0.1) is 5.92 Å². The molecule has 5 nitrogen and oxygen atoms in total. The molecule has 0 aliphatic carbocycles. The smallest absolute Gasteiger partial charge is 0.416 e. The number of ether oxygens (including phenoxy) is 2. The van der Waals surface area contributed by atoms with Crippen molar-refractivity contribution in [2.75, 3.05) is 31.7 Å². The van der Waals surface area contributed by atoms with Crippen molar-refractivity contribution in [2.24, 2.45) is 5.92 Å². The van der Waals surface area contributed by atoms with Crippen molar-refractivity contribution >= 4 is 11.8 Å². The Morgan fingerprint density at radius 2 is 1.93 bits per heavy atom. The van der Waals surface area contributed by atoms with Crippen molar-refractivity contribution in [3.8, 4) is 17.0 Å². The van der Waals surface area contributed by atoms with E-state index < -0.39 is 11.7 Å². The monoisotopic (exact) mass is 408 g/mol. The Labute approximate surface area is 167 Å². The predicted octanol–water partition coefficient (Wildman–Crippen LogP) is 4.56. The highest BCUT2D eigenvalue weighted by atomic mass is 19.4. The number of alkyl halides is 3. The third kappa shape index (κ3) is 4.81. The maximum absolute atomic E-state index is 13.1. The minimum absolute atomic E-state index is 0.127. The molecule has 1 aliphatic rings. The lowest BCUT2D eigenvalue weighted by atomic mass is 9.97. The number of piperidine rings is 1. The maximum Gasteiger partial charge on any atom is 0.416 e. The molecule has 0 atom stereocenters. The van der Waals surface area contributed by atoms with E-state index in [1.54, 1.807) is 19.1 Å². The fourth-order valence-corrected chi connectivity index (χ4v) is 3.44. The van der Waals surface area contributed by atoms with Gasteiger partial charge in [0.15, 0.2) is 0 Å². The summed E-state index contributed by atoms with van der Waals surface area (Å²) in [4.78, 5) is 18.5. The summed E-state index contributed by atoms with van der Waals surface area (Å²) < 4.78 is 49.7. The second kappa shape index (κ2) is 8.71. The lowest BCUT2D eigenvalue weighted by molar-refractivity contribution is -0.148. The molecule has 1 aliphatic heterocycles. The summed E-state index contributed by atoms with van der Waals surface area (Å²) >= 11 is 0. The van der Waals surface area contributed by atoms with Gasteiger partial charge in [-0.15, -0.1) is 0 Å². The molecule has 2 aromatic rings. The third-order valence-corrected chi connectivity index (χ3v) is 4.98. The van der Waals surface area contributed by atoms with Gasteiger partial charge in [0, 0.05) is 18.7 Å². The zero-order chi connectivity index (χ0) is 21.0. The summed E-state index contributed by atoms with van der Waals surface area (Å²) in [5, 5.41) is 0. The third-order valence-electron chi connectivity index (χ3n) is 4.98. The molecule has 1 aromatic heterocycles. The molecular formula is C21H23F3N2O3. The van der Waals surface area contributed by atoms with Gasteiger partial charge in [-0.05, 0) is 50.1 Å². The molecule has 0 saturated carbocycles. The Morgan fingerprint density at radius 1 is 1.21 bits per heavy atom. The minimum Gasteiger partial charge on any atom is -0.496 e. The van der Waals surface area contributed by atoms with Crippen molar-refractivity contribution in [3.63, 3.8) is 0 Å². The molecule has 0 spiro atoms. The Kier molecular flexibility index (Phi) is 6.30. The molecule has 0 unspecified atom stereocenters. The first-order chi connectivity index (χ1) is 13.8. The number of halogens is 3. The van der Waals surface area contributed by atoms with Gasteiger partial charge in [0.1, 0.15) is 11.6 Å². The second-order valence-electron chi connectivity index (χ2n) is 6.81. The summed E-state index contributed by atoms with van der Waals surface area (Å²) in [5.41, 5.74) is -0.0701. The van der Waals surface area contributed by atoms with Gasteiger partial charge in [-0.1, -0.05) is 6.07 Å². The van der Waals surface area contributed by atoms with E-state index in [9.17, 15) is 18.0 Å². The first kappa shape index (κ1) is 21.0. The van der Waals surface area contributed by atoms with Crippen LogP contribution < -0.4 is 9.64 Å². The number of rotatable bonds is 5. The molecule has 1 fully saturated rings. The molecule has 0 bridgehead atoms. The zero-order valence-electron chi connectivity index (χ0n) is 16.3. The van der Waals surface area contributed by atoms with Gasteiger partial charge < -0.3 is 14.4 Å². The molecular weight excluding hydrogens is 385 g/mol. The van der Waals surface area contributed by atoms with E-state index in [4.69, 9.17) is 9.47 Å². The van der Waals surface area contributed by atoms with Crippen LogP contribution in [0.4, 0.5) is 19.0 Å². The first-order valence-electron chi connectivity index (χ1n) is 9.47. The molecule has 29 heavy (non-hydrogen) atoms. The molecule has 3 rings (SSSR count). The van der Waals surface area contributed by atoms with E-state index in [1.807, 2.05) is 11.0 Å². The fraction of sp³-hybridized carbons (Fsp3) is 0.429. The number of pyridine rings is 1. The van der Waals surface area contributed by atoms with Crippen LogP contribution in [0.2, 0.25) is 0 Å². The Morgan fingerprint density at radius 3 is 2.55 bits per heavy atom. The van der Waals surface area contributed by atoms with E-state index in [0.717, 1.165) is 12.1 Å². The second-order valence-corrected chi connectivity index (χ2v) is 6.81. The summed E-state index contributed by atoms with van der Waals surface area (Å²) in [6, 6.07) is 8.58. The van der Waals surface area contributed by atoms with Gasteiger partial charge in [-0.25, -0.2) is 4.98 Å². The largest absolute Gasteiger partial charge is 0.496 e. The highest BCUT2D eigenvalue weighted by molar-refractivity contribution is 5.73. The lowest BCUT2D eigenvalue weighted by Gasteiger charge is -2.32. The quantitative estimate of drug-likeness (QED) is 0.679. The fourth-order valence-electron chi connectivity index (χ4n) is 3.44. The van der Waals surface area contributed by atoms with Crippen molar-refractivity contribution in [1.82, 2.24) is 4.98 Å². The minimum atomic E-state index is -4.45. The van der Waals surface area contributed by atoms with Crippen LogP contribution in [0.15, 0.2) is 36.4 Å². The normalized spacial score (nSPS) is 15.3. The van der Waals surface area contributed by atoms with Crippen LogP contribution in [0.25, 0.3) is 11.3 Å². The lowest BCUT2D eigenvalue weighted by Crippen LogP contribution is -2.37. The van der Waals surface area contributed by atoms with Crippen LogP contribution in [0.5, 0.6) is 5.75 Å². The van der Waals surface area contributed by atoms with Gasteiger partial charge in [0.05, 0.1) is 30.9 Å². The van der Waals surface area contributed by atoms with Crippen molar-refractivity contribution in [3.05, 3.63) is 42.0 Å².